The number of amides is 2. The lowest BCUT2D eigenvalue weighted by atomic mass is 10.0. The molecule has 4 nitrogen and oxygen atoms in total. The number of hydrogen-bond acceptors (Lipinski definition) is 2. The van der Waals surface area contributed by atoms with E-state index in [9.17, 15) is 9.59 Å². The van der Waals surface area contributed by atoms with Gasteiger partial charge in [-0.2, -0.15) is 0 Å². The third kappa shape index (κ3) is 14.9. The summed E-state index contributed by atoms with van der Waals surface area (Å²) < 4.78 is 0. The minimum Gasteiger partial charge on any atom is -0.366 e. The van der Waals surface area contributed by atoms with Crippen molar-refractivity contribution in [1.82, 2.24) is 0 Å². The van der Waals surface area contributed by atoms with Crippen molar-refractivity contribution in [3.8, 4) is 0 Å². The highest BCUT2D eigenvalue weighted by Gasteiger charge is 1.95. The molecule has 0 atom stereocenters. The molecular weight excluding hydrogens is 204 g/mol. The third-order valence-electron chi connectivity index (χ3n) is 1.84. The molecule has 0 aromatic carbocycles. The smallest absolute Gasteiger partial charge is 0.243 e. The van der Waals surface area contributed by atoms with Crippen molar-refractivity contribution in [2.24, 2.45) is 11.5 Å². The summed E-state index contributed by atoms with van der Waals surface area (Å²) in [6, 6.07) is 0. The van der Waals surface area contributed by atoms with E-state index in [2.05, 4.69) is 13.2 Å². The van der Waals surface area contributed by atoms with Gasteiger partial charge in [0.25, 0.3) is 0 Å². The van der Waals surface area contributed by atoms with E-state index in [0.29, 0.717) is 11.1 Å². The lowest BCUT2D eigenvalue weighted by Crippen LogP contribution is -2.10. The minimum atomic E-state index is -0.435. The molecule has 0 heterocycles. The molecule has 1 aliphatic rings. The Balaban J connectivity index is 0. The van der Waals surface area contributed by atoms with Crippen LogP contribution in [0.3, 0.4) is 0 Å². The Morgan fingerprint density at radius 3 is 0.938 bits per heavy atom. The zero-order chi connectivity index (χ0) is 13.1. The van der Waals surface area contributed by atoms with Gasteiger partial charge in [0, 0.05) is 11.1 Å². The number of rotatable bonds is 2. The summed E-state index contributed by atoms with van der Waals surface area (Å²) in [6.45, 7) is 9.70. The summed E-state index contributed by atoms with van der Waals surface area (Å²) in [7, 11) is 0. The average Bonchev–Trinajstić information content (AvgIpc) is 2.01. The van der Waals surface area contributed by atoms with Crippen LogP contribution in [0.2, 0.25) is 0 Å². The summed E-state index contributed by atoms with van der Waals surface area (Å²) in [6.07, 6.45) is 6.00. The van der Waals surface area contributed by atoms with Crippen molar-refractivity contribution < 1.29 is 9.59 Å². The normalized spacial score (nSPS) is 11.6. The van der Waals surface area contributed by atoms with Crippen LogP contribution in [0, 0.1) is 0 Å². The lowest BCUT2D eigenvalue weighted by molar-refractivity contribution is -0.115. The van der Waals surface area contributed by atoms with Crippen LogP contribution in [0.15, 0.2) is 24.3 Å². The maximum absolute atomic E-state index is 9.82. The first kappa shape index (κ1) is 16.8. The molecule has 1 fully saturated rings. The number of carbonyl (C=O) groups is 2. The van der Waals surface area contributed by atoms with E-state index in [4.69, 9.17) is 11.5 Å². The van der Waals surface area contributed by atoms with E-state index >= 15 is 0 Å². The van der Waals surface area contributed by atoms with Crippen molar-refractivity contribution in [3.05, 3.63) is 24.3 Å². The fourth-order valence-corrected chi connectivity index (χ4v) is 0.250. The Labute approximate surface area is 97.4 Å². The molecule has 2 amide bonds. The van der Waals surface area contributed by atoms with Gasteiger partial charge in [-0.05, 0) is 13.8 Å². The SMILES string of the molecule is C1CCC1.C=C(C)C(N)=O.C=C(C)C(N)=O. The van der Waals surface area contributed by atoms with Crippen molar-refractivity contribution in [2.45, 2.75) is 39.5 Å². The monoisotopic (exact) mass is 226 g/mol. The Bertz CT molecular complexity index is 214. The standard InChI is InChI=1S/2C4H7NO.C4H8/c2*1-3(2)4(5)6;1-2-4-3-1/h2*1H2,2H3,(H2,5,6);1-4H2. The van der Waals surface area contributed by atoms with Crippen LogP contribution in [0.4, 0.5) is 0 Å². The summed E-state index contributed by atoms with van der Waals surface area (Å²) in [5.74, 6) is -0.870. The molecule has 1 rings (SSSR count). The predicted octanol–water partition coefficient (Wildman–Crippen LogP) is 1.66. The fraction of sp³-hybridized carbons (Fsp3) is 0.500. The van der Waals surface area contributed by atoms with Gasteiger partial charge in [-0.25, -0.2) is 0 Å². The molecule has 16 heavy (non-hydrogen) atoms. The Morgan fingerprint density at radius 2 is 0.938 bits per heavy atom. The van der Waals surface area contributed by atoms with Gasteiger partial charge in [0.15, 0.2) is 0 Å². The van der Waals surface area contributed by atoms with E-state index in [-0.39, 0.29) is 0 Å². The van der Waals surface area contributed by atoms with Crippen LogP contribution in [-0.2, 0) is 9.59 Å². The van der Waals surface area contributed by atoms with Crippen molar-refractivity contribution in [1.29, 1.82) is 0 Å². The molecule has 1 saturated carbocycles. The van der Waals surface area contributed by atoms with E-state index in [1.165, 1.54) is 25.7 Å². The van der Waals surface area contributed by atoms with Crippen LogP contribution in [-0.4, -0.2) is 11.8 Å². The van der Waals surface area contributed by atoms with E-state index in [0.717, 1.165) is 0 Å². The van der Waals surface area contributed by atoms with Gasteiger partial charge in [-0.15, -0.1) is 0 Å². The van der Waals surface area contributed by atoms with Crippen LogP contribution in [0.5, 0.6) is 0 Å². The summed E-state index contributed by atoms with van der Waals surface area (Å²) >= 11 is 0. The molecular formula is C12H22N2O2. The Kier molecular flexibility index (Phi) is 10.5. The quantitative estimate of drug-likeness (QED) is 0.701. The molecule has 0 saturated heterocycles. The largest absolute Gasteiger partial charge is 0.366 e. The Hall–Kier alpha value is -1.58. The molecule has 0 unspecified atom stereocenters. The van der Waals surface area contributed by atoms with Crippen molar-refractivity contribution >= 4 is 11.8 Å². The van der Waals surface area contributed by atoms with Gasteiger partial charge in [0.05, 0.1) is 0 Å². The molecule has 0 aromatic heterocycles. The molecule has 1 aliphatic carbocycles. The molecule has 0 radical (unpaired) electrons. The summed E-state index contributed by atoms with van der Waals surface area (Å²) in [5.41, 5.74) is 10.2. The van der Waals surface area contributed by atoms with Gasteiger partial charge in [-0.1, -0.05) is 38.8 Å². The Morgan fingerprint density at radius 1 is 0.812 bits per heavy atom. The fourth-order valence-electron chi connectivity index (χ4n) is 0.250. The second-order valence-electron chi connectivity index (χ2n) is 3.70. The van der Waals surface area contributed by atoms with E-state index in [1.54, 1.807) is 13.8 Å². The zero-order valence-corrected chi connectivity index (χ0v) is 10.2. The van der Waals surface area contributed by atoms with Crippen LogP contribution in [0.25, 0.3) is 0 Å². The second kappa shape index (κ2) is 9.96. The maximum atomic E-state index is 9.82. The highest BCUT2D eigenvalue weighted by Crippen LogP contribution is 2.15. The van der Waals surface area contributed by atoms with Crippen molar-refractivity contribution in [2.75, 3.05) is 0 Å². The molecule has 4 heteroatoms. The maximum Gasteiger partial charge on any atom is 0.243 e. The third-order valence-corrected chi connectivity index (χ3v) is 1.84. The van der Waals surface area contributed by atoms with Gasteiger partial charge < -0.3 is 11.5 Å². The van der Waals surface area contributed by atoms with E-state index < -0.39 is 11.8 Å². The lowest BCUT2D eigenvalue weighted by Gasteiger charge is -2.05. The number of nitrogens with two attached hydrogens (primary N) is 2. The molecule has 4 N–H and O–H groups in total. The molecule has 0 aliphatic heterocycles. The zero-order valence-electron chi connectivity index (χ0n) is 10.2. The second-order valence-corrected chi connectivity index (χ2v) is 3.70. The number of hydrogen-bond donors (Lipinski definition) is 2. The minimum absolute atomic E-state index is 0.398. The first-order valence-electron chi connectivity index (χ1n) is 5.19. The van der Waals surface area contributed by atoms with E-state index in [1.807, 2.05) is 0 Å². The van der Waals surface area contributed by atoms with Crippen LogP contribution >= 0.6 is 0 Å². The van der Waals surface area contributed by atoms with Gasteiger partial charge in [-0.3, -0.25) is 9.59 Å². The highest BCUT2D eigenvalue weighted by atomic mass is 16.1. The highest BCUT2D eigenvalue weighted by molar-refractivity contribution is 5.90. The molecule has 92 valence electrons. The number of primary amides is 2. The first-order valence-corrected chi connectivity index (χ1v) is 5.19. The predicted molar refractivity (Wildman–Crippen MR) is 66.5 cm³/mol. The van der Waals surface area contributed by atoms with Gasteiger partial charge in [0.2, 0.25) is 11.8 Å². The van der Waals surface area contributed by atoms with Gasteiger partial charge >= 0.3 is 0 Å². The molecule has 0 spiro atoms. The summed E-state index contributed by atoms with van der Waals surface area (Å²) in [5, 5.41) is 0. The number of carbonyl (C=O) groups excluding carboxylic acids is 2. The molecule has 0 aromatic rings. The van der Waals surface area contributed by atoms with Crippen LogP contribution in [0.1, 0.15) is 39.5 Å². The summed E-state index contributed by atoms with van der Waals surface area (Å²) in [4.78, 5) is 19.6. The van der Waals surface area contributed by atoms with Crippen LogP contribution < -0.4 is 11.5 Å². The molecule has 0 bridgehead atoms. The topological polar surface area (TPSA) is 86.2 Å². The van der Waals surface area contributed by atoms with Crippen molar-refractivity contribution in [3.63, 3.8) is 0 Å². The first-order chi connectivity index (χ1) is 7.29. The van der Waals surface area contributed by atoms with Gasteiger partial charge in [0.1, 0.15) is 0 Å². The average molecular weight is 226 g/mol.